The van der Waals surface area contributed by atoms with E-state index in [4.69, 9.17) is 0 Å². The minimum atomic E-state index is -2.42. The lowest BCUT2D eigenvalue weighted by Gasteiger charge is -2.15. The largest absolute Gasteiger partial charge is 0.321 e. The van der Waals surface area contributed by atoms with Gasteiger partial charge in [0, 0.05) is 13.8 Å². The number of anilines is 2. The van der Waals surface area contributed by atoms with Crippen LogP contribution in [0.5, 0.6) is 0 Å². The fourth-order valence-corrected chi connectivity index (χ4v) is 2.27. The number of benzene rings is 2. The normalized spacial score (nSPS) is 10.8. The van der Waals surface area contributed by atoms with Crippen LogP contribution in [0.4, 0.5) is 46.5 Å². The molecule has 0 heterocycles. The Morgan fingerprint density at radius 1 is 0.500 bits per heavy atom. The molecule has 2 aromatic carbocycles. The molecule has 0 saturated carbocycles. The molecule has 2 amide bonds. The summed E-state index contributed by atoms with van der Waals surface area (Å²) in [6.07, 6.45) is 0. The molecule has 2 N–H and O–H groups in total. The lowest BCUT2D eigenvalue weighted by Crippen LogP contribution is -2.16. The van der Waals surface area contributed by atoms with E-state index in [1.165, 1.54) is 10.6 Å². The van der Waals surface area contributed by atoms with E-state index in [-0.39, 0.29) is 0 Å². The summed E-state index contributed by atoms with van der Waals surface area (Å²) >= 11 is 0. The van der Waals surface area contributed by atoms with Gasteiger partial charge in [-0.2, -0.15) is 0 Å². The van der Waals surface area contributed by atoms with Gasteiger partial charge in [-0.05, 0) is 0 Å². The summed E-state index contributed by atoms with van der Waals surface area (Å²) in [7, 11) is 0. The molecule has 0 aromatic heterocycles. The molecule has 2 rings (SSSR count). The minimum absolute atomic E-state index is 0.743. The summed E-state index contributed by atoms with van der Waals surface area (Å²) < 4.78 is 113. The van der Waals surface area contributed by atoms with Gasteiger partial charge in [0.05, 0.1) is 11.1 Å². The Morgan fingerprint density at radius 3 is 0.893 bits per heavy atom. The number of nitrogens with one attached hydrogen (secondary N) is 2. The highest BCUT2D eigenvalue weighted by atomic mass is 19.2. The third kappa shape index (κ3) is 3.37. The van der Waals surface area contributed by atoms with Crippen LogP contribution in [0.25, 0.3) is 11.1 Å². The van der Waals surface area contributed by atoms with Crippen LogP contribution in [0, 0.1) is 46.5 Å². The monoisotopic (exact) mass is 412 g/mol. The maximum atomic E-state index is 14.2. The minimum Gasteiger partial charge on any atom is -0.321 e. The lowest BCUT2D eigenvalue weighted by atomic mass is 10.00. The third-order valence-electron chi connectivity index (χ3n) is 3.38. The molecule has 0 aliphatic rings. The topological polar surface area (TPSA) is 58.2 Å². The van der Waals surface area contributed by atoms with Crippen LogP contribution in [0.2, 0.25) is 0 Å². The number of hydrogen-bond donors (Lipinski definition) is 2. The van der Waals surface area contributed by atoms with E-state index < -0.39 is 80.9 Å². The van der Waals surface area contributed by atoms with E-state index >= 15 is 0 Å². The molecule has 0 spiro atoms. The molecular weight excluding hydrogens is 404 g/mol. The first-order valence-corrected chi connectivity index (χ1v) is 7.17. The van der Waals surface area contributed by atoms with Crippen molar-refractivity contribution in [2.24, 2.45) is 0 Å². The van der Waals surface area contributed by atoms with Gasteiger partial charge in [-0.25, -0.2) is 35.1 Å². The molecule has 0 fully saturated rings. The Bertz CT molecular complexity index is 883. The van der Waals surface area contributed by atoms with Gasteiger partial charge in [0.15, 0.2) is 46.5 Å². The Kier molecular flexibility index (Phi) is 5.62. The van der Waals surface area contributed by atoms with Gasteiger partial charge in [-0.15, -0.1) is 0 Å². The van der Waals surface area contributed by atoms with Gasteiger partial charge in [0.25, 0.3) is 0 Å². The summed E-state index contributed by atoms with van der Waals surface area (Å²) in [6, 6.07) is 0. The van der Waals surface area contributed by atoms with Crippen molar-refractivity contribution in [3.63, 3.8) is 0 Å². The number of rotatable bonds is 3. The SMILES string of the molecule is CC(=O)Nc1c(F)c(F)c(-c2c(F)c(F)c(NC(C)=O)c(F)c2F)c(F)c1F. The number of carbonyl (C=O) groups excluding carboxylic acids is 2. The van der Waals surface area contributed by atoms with Crippen LogP contribution in [-0.2, 0) is 9.59 Å². The molecule has 150 valence electrons. The van der Waals surface area contributed by atoms with Crippen molar-refractivity contribution < 1.29 is 44.7 Å². The summed E-state index contributed by atoms with van der Waals surface area (Å²) in [5.41, 5.74) is -7.40. The van der Waals surface area contributed by atoms with Crippen molar-refractivity contribution in [1.29, 1.82) is 0 Å². The van der Waals surface area contributed by atoms with Crippen LogP contribution in [-0.4, -0.2) is 11.8 Å². The maximum Gasteiger partial charge on any atom is 0.221 e. The zero-order chi connectivity index (χ0) is 21.5. The van der Waals surface area contributed by atoms with Gasteiger partial charge < -0.3 is 10.6 Å². The molecule has 0 unspecified atom stereocenters. The number of carbonyl (C=O) groups is 2. The standard InChI is InChI=1S/C16H8F8N2O2/c1-3(27)25-15-11(21)7(17)5(8(18)12(15)22)6-9(19)13(23)16(26-4(2)28)14(24)10(6)20/h1-2H3,(H,25,27)(H,26,28). The zero-order valence-corrected chi connectivity index (χ0v) is 13.8. The first-order valence-electron chi connectivity index (χ1n) is 7.17. The average Bonchev–Trinajstić information content (AvgIpc) is 2.61. The summed E-state index contributed by atoms with van der Waals surface area (Å²) in [4.78, 5) is 21.8. The van der Waals surface area contributed by atoms with Crippen molar-refractivity contribution in [1.82, 2.24) is 0 Å². The molecule has 0 aliphatic carbocycles. The molecule has 4 nitrogen and oxygen atoms in total. The first kappa shape index (κ1) is 21.1. The van der Waals surface area contributed by atoms with E-state index in [2.05, 4.69) is 0 Å². The van der Waals surface area contributed by atoms with Crippen LogP contribution in [0.15, 0.2) is 0 Å². The molecule has 0 atom stereocenters. The van der Waals surface area contributed by atoms with Crippen molar-refractivity contribution >= 4 is 23.2 Å². The molecule has 28 heavy (non-hydrogen) atoms. The fourth-order valence-electron chi connectivity index (χ4n) is 2.27. The van der Waals surface area contributed by atoms with Gasteiger partial charge >= 0.3 is 0 Å². The van der Waals surface area contributed by atoms with E-state index in [1.807, 2.05) is 0 Å². The summed E-state index contributed by atoms with van der Waals surface area (Å²) in [5, 5.41) is 2.86. The van der Waals surface area contributed by atoms with E-state index in [9.17, 15) is 44.7 Å². The van der Waals surface area contributed by atoms with E-state index in [0.717, 1.165) is 13.8 Å². The van der Waals surface area contributed by atoms with Crippen LogP contribution in [0.3, 0.4) is 0 Å². The predicted octanol–water partition coefficient (Wildman–Crippen LogP) is 4.38. The maximum absolute atomic E-state index is 14.2. The summed E-state index contributed by atoms with van der Waals surface area (Å²) in [5.74, 6) is -21.1. The van der Waals surface area contributed by atoms with E-state index in [0.29, 0.717) is 0 Å². The molecule has 0 aliphatic heterocycles. The van der Waals surface area contributed by atoms with Gasteiger partial charge in [-0.1, -0.05) is 0 Å². The van der Waals surface area contributed by atoms with Gasteiger partial charge in [0.2, 0.25) is 11.8 Å². The van der Waals surface area contributed by atoms with E-state index in [1.54, 1.807) is 0 Å². The van der Waals surface area contributed by atoms with Crippen LogP contribution < -0.4 is 10.6 Å². The molecule has 0 bridgehead atoms. The second-order valence-electron chi connectivity index (χ2n) is 5.37. The quantitative estimate of drug-likeness (QED) is 0.581. The summed E-state index contributed by atoms with van der Waals surface area (Å²) in [6.45, 7) is 1.49. The molecule has 2 aromatic rings. The highest BCUT2D eigenvalue weighted by Gasteiger charge is 2.34. The molecule has 0 radical (unpaired) electrons. The second-order valence-corrected chi connectivity index (χ2v) is 5.37. The number of amides is 2. The highest BCUT2D eigenvalue weighted by molar-refractivity contribution is 5.90. The lowest BCUT2D eigenvalue weighted by molar-refractivity contribution is -0.115. The Balaban J connectivity index is 2.90. The van der Waals surface area contributed by atoms with Crippen molar-refractivity contribution in [2.45, 2.75) is 13.8 Å². The fraction of sp³-hybridized carbons (Fsp3) is 0.125. The smallest absolute Gasteiger partial charge is 0.221 e. The van der Waals surface area contributed by atoms with Crippen LogP contribution >= 0.6 is 0 Å². The molecule has 12 heteroatoms. The predicted molar refractivity (Wildman–Crippen MR) is 80.1 cm³/mol. The highest BCUT2D eigenvalue weighted by Crippen LogP contribution is 2.40. The first-order chi connectivity index (χ1) is 12.9. The van der Waals surface area contributed by atoms with Crippen molar-refractivity contribution in [3.05, 3.63) is 46.5 Å². The average molecular weight is 412 g/mol. The number of halogens is 8. The molecule has 0 saturated heterocycles. The van der Waals surface area contributed by atoms with Crippen LogP contribution in [0.1, 0.15) is 13.8 Å². The van der Waals surface area contributed by atoms with Gasteiger partial charge in [0.1, 0.15) is 11.4 Å². The Morgan fingerprint density at radius 2 is 0.714 bits per heavy atom. The zero-order valence-electron chi connectivity index (χ0n) is 13.8. The Labute approximate surface area is 151 Å². The Hall–Kier alpha value is -3.18. The molecular formula is C16H8F8N2O2. The van der Waals surface area contributed by atoms with Crippen molar-refractivity contribution in [3.8, 4) is 11.1 Å². The van der Waals surface area contributed by atoms with Crippen molar-refractivity contribution in [2.75, 3.05) is 10.6 Å². The van der Waals surface area contributed by atoms with Gasteiger partial charge in [-0.3, -0.25) is 9.59 Å². The second kappa shape index (κ2) is 7.44. The number of hydrogen-bond acceptors (Lipinski definition) is 2. The third-order valence-corrected chi connectivity index (χ3v) is 3.38.